The second-order valence-electron chi connectivity index (χ2n) is 13.6. The van der Waals surface area contributed by atoms with Gasteiger partial charge in [-0.2, -0.15) is 4.63 Å². The molecule has 0 radical (unpaired) electrons. The number of nitrogens with zero attached hydrogens (tertiary/aromatic N) is 1. The molecule has 7 aromatic rings. The summed E-state index contributed by atoms with van der Waals surface area (Å²) in [6.45, 7) is 5.87. The lowest BCUT2D eigenvalue weighted by molar-refractivity contribution is 0.556. The highest BCUT2D eigenvalue weighted by Gasteiger charge is 2.35. The smallest absolute Gasteiger partial charge is 0.275 e. The van der Waals surface area contributed by atoms with Crippen molar-refractivity contribution in [3.63, 3.8) is 0 Å². The van der Waals surface area contributed by atoms with Gasteiger partial charge >= 0.3 is 0 Å². The van der Waals surface area contributed by atoms with E-state index in [2.05, 4.69) is 59.2 Å². The molecule has 0 aliphatic carbocycles. The van der Waals surface area contributed by atoms with E-state index < -0.39 is 34.1 Å². The summed E-state index contributed by atoms with van der Waals surface area (Å²) in [5.74, 6) is -0.323. The van der Waals surface area contributed by atoms with Crippen LogP contribution in [0.3, 0.4) is 0 Å². The van der Waals surface area contributed by atoms with Crippen molar-refractivity contribution in [2.75, 3.05) is 0 Å². The zero-order valence-corrected chi connectivity index (χ0v) is 31.5. The average Bonchev–Trinajstić information content (AvgIpc) is 3.48. The first-order chi connectivity index (χ1) is 24.6. The highest BCUT2D eigenvalue weighted by atomic mass is 32.2. The minimum absolute atomic E-state index is 0.233. The van der Waals surface area contributed by atoms with Crippen LogP contribution in [0.25, 0.3) is 21.7 Å². The molecule has 2 atom stereocenters. The Morgan fingerprint density at radius 3 is 1.90 bits per heavy atom. The summed E-state index contributed by atoms with van der Waals surface area (Å²) in [7, 11) is -4.73. The van der Waals surface area contributed by atoms with E-state index in [1.54, 1.807) is 28.2 Å². The predicted molar refractivity (Wildman–Crippen MR) is 218 cm³/mol. The molecule has 51 heavy (non-hydrogen) atoms. The first-order valence-corrected chi connectivity index (χ1v) is 21.2. The third-order valence-corrected chi connectivity index (χ3v) is 15.0. The van der Waals surface area contributed by atoms with Gasteiger partial charge in [0.15, 0.2) is 0 Å². The van der Waals surface area contributed by atoms with Gasteiger partial charge < -0.3 is 4.55 Å². The van der Waals surface area contributed by atoms with Gasteiger partial charge in [0.2, 0.25) is 0 Å². The lowest BCUT2D eigenvalue weighted by Crippen LogP contribution is -2.43. The Balaban J connectivity index is 1.54. The quantitative estimate of drug-likeness (QED) is 0.0830. The molecule has 256 valence electrons. The summed E-state index contributed by atoms with van der Waals surface area (Å²) in [5.41, 5.74) is 3.32. The summed E-state index contributed by atoms with van der Waals surface area (Å²) < 4.78 is 48.0. The molecule has 0 fully saturated rings. The molecule has 5 nitrogen and oxygen atoms in total. The molecule has 1 aromatic heterocycles. The number of hydrogen-bond donors (Lipinski definition) is 1. The van der Waals surface area contributed by atoms with Crippen LogP contribution in [-0.4, -0.2) is 29.1 Å². The van der Waals surface area contributed by atoms with Crippen molar-refractivity contribution in [2.45, 2.75) is 42.4 Å². The summed E-state index contributed by atoms with van der Waals surface area (Å²) in [5, 5.41) is 5.40. The van der Waals surface area contributed by atoms with Gasteiger partial charge in [0, 0.05) is 34.4 Å². The second kappa shape index (κ2) is 14.8. The molecule has 1 heterocycles. The molecule has 0 saturated carbocycles. The number of hydrogen-bond acceptors (Lipinski definition) is 4. The lowest BCUT2D eigenvalue weighted by Gasteiger charge is -2.27. The van der Waals surface area contributed by atoms with E-state index >= 15 is 0 Å². The van der Waals surface area contributed by atoms with Crippen LogP contribution in [0.4, 0.5) is 0 Å². The van der Waals surface area contributed by atoms with Gasteiger partial charge in [0.1, 0.15) is 4.75 Å². The van der Waals surface area contributed by atoms with Crippen LogP contribution in [0.5, 0.6) is 0 Å². The van der Waals surface area contributed by atoms with Crippen LogP contribution in [0.15, 0.2) is 163 Å². The Morgan fingerprint density at radius 1 is 0.725 bits per heavy atom. The molecule has 0 saturated heterocycles. The van der Waals surface area contributed by atoms with Crippen molar-refractivity contribution >= 4 is 69.0 Å². The SMILES string of the molecule is CC(C)(C)[S+]([O-])NBC(c1ccc2ccccc2c1)c1c(CP(c2ccccc2)c2ccccc2)n(S(=O)(=O)c2ccccc2)c2ccccc12. The van der Waals surface area contributed by atoms with Crippen molar-refractivity contribution in [3.05, 3.63) is 175 Å². The largest absolute Gasteiger partial charge is 0.599 e. The van der Waals surface area contributed by atoms with Crippen molar-refractivity contribution in [1.29, 1.82) is 0 Å². The normalized spacial score (nSPS) is 13.4. The topological polar surface area (TPSA) is 74.2 Å². The zero-order valence-electron chi connectivity index (χ0n) is 28.9. The van der Waals surface area contributed by atoms with E-state index in [0.29, 0.717) is 19.1 Å². The molecule has 6 aromatic carbocycles. The second-order valence-corrected chi connectivity index (χ2v) is 19.6. The van der Waals surface area contributed by atoms with Crippen LogP contribution in [0, 0.1) is 0 Å². The number of para-hydroxylation sites is 1. The molecular formula is C42H40BN2O3PS2. The van der Waals surface area contributed by atoms with E-state index in [9.17, 15) is 13.0 Å². The zero-order chi connectivity index (χ0) is 35.6. The Hall–Kier alpha value is -4.17. The van der Waals surface area contributed by atoms with Gasteiger partial charge in [-0.1, -0.05) is 140 Å². The maximum Gasteiger partial charge on any atom is 0.275 e. The Labute approximate surface area is 306 Å². The van der Waals surface area contributed by atoms with Gasteiger partial charge in [-0.15, -0.1) is 0 Å². The maximum absolute atomic E-state index is 15.0. The first kappa shape index (κ1) is 35.2. The van der Waals surface area contributed by atoms with Gasteiger partial charge in [-0.25, -0.2) is 12.4 Å². The minimum atomic E-state index is -4.04. The molecule has 1 N–H and O–H groups in total. The number of rotatable bonds is 11. The van der Waals surface area contributed by atoms with Gasteiger partial charge in [-0.3, -0.25) is 0 Å². The molecule has 9 heteroatoms. The molecule has 2 unspecified atom stereocenters. The van der Waals surface area contributed by atoms with Crippen LogP contribution >= 0.6 is 7.92 Å². The third-order valence-electron chi connectivity index (χ3n) is 9.19. The highest BCUT2D eigenvalue weighted by molar-refractivity contribution is 7.91. The predicted octanol–water partition coefficient (Wildman–Crippen LogP) is 8.16. The molecule has 7 rings (SSSR count). The minimum Gasteiger partial charge on any atom is -0.599 e. The number of fused-ring (bicyclic) bond motifs is 2. The monoisotopic (exact) mass is 726 g/mol. The molecule has 0 spiro atoms. The van der Waals surface area contributed by atoms with E-state index in [1.807, 2.05) is 99.6 Å². The molecule has 0 aliphatic heterocycles. The van der Waals surface area contributed by atoms with Crippen LogP contribution < -0.4 is 15.2 Å². The molecule has 0 amide bonds. The maximum atomic E-state index is 15.0. The fourth-order valence-electron chi connectivity index (χ4n) is 6.68. The van der Waals surface area contributed by atoms with Gasteiger partial charge in [0.05, 0.1) is 10.4 Å². The summed E-state index contributed by atoms with van der Waals surface area (Å²) >= 11 is -1.35. The number of aromatic nitrogens is 1. The highest BCUT2D eigenvalue weighted by Crippen LogP contribution is 2.45. The van der Waals surface area contributed by atoms with E-state index in [0.717, 1.165) is 43.6 Å². The van der Waals surface area contributed by atoms with Crippen molar-refractivity contribution in [3.8, 4) is 0 Å². The first-order valence-electron chi connectivity index (χ1n) is 17.1. The summed E-state index contributed by atoms with van der Waals surface area (Å²) in [6, 6.07) is 52.0. The third kappa shape index (κ3) is 7.30. The van der Waals surface area contributed by atoms with Crippen LogP contribution in [-0.2, 0) is 27.5 Å². The van der Waals surface area contributed by atoms with Crippen molar-refractivity contribution in [1.82, 2.24) is 8.61 Å². The van der Waals surface area contributed by atoms with Gasteiger partial charge in [0.25, 0.3) is 17.4 Å². The molecule has 0 aliphatic rings. The van der Waals surface area contributed by atoms with Crippen molar-refractivity contribution < 1.29 is 13.0 Å². The Bertz CT molecular complexity index is 2340. The standard InChI is InChI=1S/C42H40BN2O3PS2/c1-42(2,3)50(46)44-43-41(33-28-27-31-17-13-14-18-32(31)29-33)40-37-25-15-16-26-38(37)45(51(47,48)36-23-11-6-12-24-36)39(40)30-49(34-19-7-4-8-20-34)35-21-9-5-10-22-35/h4-29,41,43-44H,30H2,1-3H3. The van der Waals surface area contributed by atoms with Crippen LogP contribution in [0.2, 0.25) is 0 Å². The number of nitrogens with one attached hydrogen (secondary N) is 1. The van der Waals surface area contributed by atoms with E-state index in [4.69, 9.17) is 0 Å². The Kier molecular flexibility index (Phi) is 10.2. The fourth-order valence-corrected chi connectivity index (χ4v) is 11.5. The molecule has 0 bridgehead atoms. The van der Waals surface area contributed by atoms with E-state index in [-0.39, 0.29) is 10.7 Å². The van der Waals surface area contributed by atoms with Gasteiger partial charge in [-0.05, 0) is 79.4 Å². The van der Waals surface area contributed by atoms with Crippen molar-refractivity contribution in [2.24, 2.45) is 0 Å². The average molecular weight is 727 g/mol. The summed E-state index contributed by atoms with van der Waals surface area (Å²) in [6.07, 6.45) is 0.478. The fraction of sp³-hybridized carbons (Fsp3) is 0.143. The number of benzene rings is 6. The van der Waals surface area contributed by atoms with E-state index in [1.165, 1.54) is 0 Å². The lowest BCUT2D eigenvalue weighted by atomic mass is 9.67. The summed E-state index contributed by atoms with van der Waals surface area (Å²) in [4.78, 5) is 0.233. The molecular weight excluding hydrogens is 686 g/mol. The Morgan fingerprint density at radius 2 is 1.27 bits per heavy atom. The van der Waals surface area contributed by atoms with Crippen LogP contribution in [0.1, 0.15) is 43.4 Å².